The molecule has 0 aliphatic carbocycles. The number of aliphatic hydroxyl groups is 1. The third-order valence-corrected chi connectivity index (χ3v) is 2.31. The number of rotatable bonds is 4. The lowest BCUT2D eigenvalue weighted by Gasteiger charge is -2.15. The van der Waals surface area contributed by atoms with E-state index in [4.69, 9.17) is 14.2 Å². The predicted molar refractivity (Wildman–Crippen MR) is 53.9 cm³/mol. The molecule has 16 heavy (non-hydrogen) atoms. The molecule has 0 spiro atoms. The van der Waals surface area contributed by atoms with E-state index in [1.54, 1.807) is 0 Å². The van der Waals surface area contributed by atoms with Gasteiger partial charge in [0.1, 0.15) is 11.8 Å². The molecule has 1 aromatic rings. The van der Waals surface area contributed by atoms with Crippen LogP contribution in [0, 0.1) is 0 Å². The Hall–Kier alpha value is -1.24. The van der Waals surface area contributed by atoms with Crippen molar-refractivity contribution in [1.29, 1.82) is 0 Å². The molecule has 0 amide bonds. The molecule has 1 aromatic heterocycles. The number of nitrogens with zero attached hydrogens (tertiary/aromatic N) is 2. The lowest BCUT2D eigenvalue weighted by molar-refractivity contribution is -0.0716. The zero-order valence-electron chi connectivity index (χ0n) is 9.00. The van der Waals surface area contributed by atoms with Crippen LogP contribution in [0.3, 0.4) is 0 Å². The number of aromatic nitrogens is 2. The molecule has 1 fully saturated rings. The van der Waals surface area contributed by atoms with E-state index in [9.17, 15) is 5.11 Å². The van der Waals surface area contributed by atoms with Gasteiger partial charge in [-0.05, 0) is 0 Å². The summed E-state index contributed by atoms with van der Waals surface area (Å²) in [5.41, 5.74) is 0.407. The van der Waals surface area contributed by atoms with Gasteiger partial charge in [-0.3, -0.25) is 4.98 Å². The maximum atomic E-state index is 9.95. The monoisotopic (exact) mass is 226 g/mol. The Morgan fingerprint density at radius 1 is 1.44 bits per heavy atom. The number of hydrogen-bond donors (Lipinski definition) is 1. The van der Waals surface area contributed by atoms with Crippen LogP contribution in [0.5, 0.6) is 5.88 Å². The van der Waals surface area contributed by atoms with Crippen LogP contribution in [0.4, 0.5) is 0 Å². The second kappa shape index (κ2) is 5.20. The van der Waals surface area contributed by atoms with Gasteiger partial charge in [0.05, 0.1) is 20.3 Å². The SMILES string of the molecule is COc1nccnc1C(O)CC1OCCO1. The minimum Gasteiger partial charge on any atom is -0.480 e. The van der Waals surface area contributed by atoms with Crippen molar-refractivity contribution >= 4 is 0 Å². The summed E-state index contributed by atoms with van der Waals surface area (Å²) in [6.45, 7) is 1.13. The van der Waals surface area contributed by atoms with Crippen LogP contribution in [0.1, 0.15) is 18.2 Å². The molecule has 2 rings (SSSR count). The fourth-order valence-corrected chi connectivity index (χ4v) is 1.56. The molecule has 1 aliphatic heterocycles. The maximum absolute atomic E-state index is 9.95. The summed E-state index contributed by atoms with van der Waals surface area (Å²) in [4.78, 5) is 8.01. The molecular weight excluding hydrogens is 212 g/mol. The predicted octanol–water partition coefficient (Wildman–Crippen LogP) is 0.282. The largest absolute Gasteiger partial charge is 0.480 e. The summed E-state index contributed by atoms with van der Waals surface area (Å²) in [7, 11) is 1.49. The average molecular weight is 226 g/mol. The lowest BCUT2D eigenvalue weighted by Crippen LogP contribution is -2.15. The van der Waals surface area contributed by atoms with Gasteiger partial charge in [-0.25, -0.2) is 4.98 Å². The standard InChI is InChI=1S/C10H14N2O4/c1-14-10-9(11-2-3-12-10)7(13)6-8-15-4-5-16-8/h2-3,7-8,13H,4-6H2,1H3. The van der Waals surface area contributed by atoms with E-state index in [1.165, 1.54) is 19.5 Å². The summed E-state index contributed by atoms with van der Waals surface area (Å²) in [6.07, 6.45) is 2.18. The molecule has 6 nitrogen and oxygen atoms in total. The topological polar surface area (TPSA) is 73.7 Å². The Balaban J connectivity index is 2.04. The normalized spacial score (nSPS) is 18.6. The molecule has 1 aliphatic rings. The fraction of sp³-hybridized carbons (Fsp3) is 0.600. The minimum absolute atomic E-state index is 0.327. The van der Waals surface area contributed by atoms with Gasteiger partial charge in [0.15, 0.2) is 6.29 Å². The Kier molecular flexibility index (Phi) is 3.66. The van der Waals surface area contributed by atoms with Crippen molar-refractivity contribution in [3.8, 4) is 5.88 Å². The van der Waals surface area contributed by atoms with E-state index in [0.717, 1.165) is 0 Å². The first-order valence-corrected chi connectivity index (χ1v) is 5.07. The van der Waals surface area contributed by atoms with E-state index < -0.39 is 6.10 Å². The van der Waals surface area contributed by atoms with E-state index in [1.807, 2.05) is 0 Å². The second-order valence-electron chi connectivity index (χ2n) is 3.37. The number of aliphatic hydroxyl groups excluding tert-OH is 1. The van der Waals surface area contributed by atoms with Gasteiger partial charge in [0.2, 0.25) is 5.88 Å². The zero-order chi connectivity index (χ0) is 11.4. The smallest absolute Gasteiger partial charge is 0.238 e. The molecule has 1 atom stereocenters. The first-order chi connectivity index (χ1) is 7.81. The van der Waals surface area contributed by atoms with Gasteiger partial charge in [0, 0.05) is 18.8 Å². The van der Waals surface area contributed by atoms with Crippen molar-refractivity contribution in [2.24, 2.45) is 0 Å². The Labute approximate surface area is 93.2 Å². The fourth-order valence-electron chi connectivity index (χ4n) is 1.56. The summed E-state index contributed by atoms with van der Waals surface area (Å²) >= 11 is 0. The highest BCUT2D eigenvalue weighted by Gasteiger charge is 2.24. The Bertz CT molecular complexity index is 341. The van der Waals surface area contributed by atoms with Crippen molar-refractivity contribution in [1.82, 2.24) is 9.97 Å². The molecule has 0 bridgehead atoms. The van der Waals surface area contributed by atoms with Gasteiger partial charge in [-0.1, -0.05) is 0 Å². The van der Waals surface area contributed by atoms with Gasteiger partial charge in [0.25, 0.3) is 0 Å². The molecule has 1 saturated heterocycles. The van der Waals surface area contributed by atoms with E-state index in [-0.39, 0.29) is 6.29 Å². The summed E-state index contributed by atoms with van der Waals surface area (Å²) < 4.78 is 15.5. The molecule has 1 N–H and O–H groups in total. The van der Waals surface area contributed by atoms with Gasteiger partial charge in [-0.2, -0.15) is 0 Å². The Morgan fingerprint density at radius 2 is 2.12 bits per heavy atom. The highest BCUT2D eigenvalue weighted by atomic mass is 16.7. The Morgan fingerprint density at radius 3 is 2.81 bits per heavy atom. The molecular formula is C10H14N2O4. The van der Waals surface area contributed by atoms with Crippen molar-refractivity contribution in [2.75, 3.05) is 20.3 Å². The van der Waals surface area contributed by atoms with Crippen molar-refractivity contribution in [3.63, 3.8) is 0 Å². The first-order valence-electron chi connectivity index (χ1n) is 5.07. The zero-order valence-corrected chi connectivity index (χ0v) is 9.00. The molecule has 88 valence electrons. The van der Waals surface area contributed by atoms with Crippen molar-refractivity contribution in [3.05, 3.63) is 18.1 Å². The van der Waals surface area contributed by atoms with Gasteiger partial charge in [-0.15, -0.1) is 0 Å². The number of hydrogen-bond acceptors (Lipinski definition) is 6. The highest BCUT2D eigenvalue weighted by Crippen LogP contribution is 2.25. The third-order valence-electron chi connectivity index (χ3n) is 2.31. The van der Waals surface area contributed by atoms with Crippen LogP contribution in [0.15, 0.2) is 12.4 Å². The van der Waals surface area contributed by atoms with Gasteiger partial charge >= 0.3 is 0 Å². The van der Waals surface area contributed by atoms with Crippen LogP contribution in [-0.4, -0.2) is 41.7 Å². The van der Waals surface area contributed by atoms with Crippen LogP contribution < -0.4 is 4.74 Å². The average Bonchev–Trinajstić information content (AvgIpc) is 2.81. The molecule has 2 heterocycles. The summed E-state index contributed by atoms with van der Waals surface area (Å²) in [6, 6.07) is 0. The van der Waals surface area contributed by atoms with E-state index in [2.05, 4.69) is 9.97 Å². The van der Waals surface area contributed by atoms with Crippen LogP contribution in [0.25, 0.3) is 0 Å². The highest BCUT2D eigenvalue weighted by molar-refractivity contribution is 5.19. The van der Waals surface area contributed by atoms with Crippen LogP contribution >= 0.6 is 0 Å². The lowest BCUT2D eigenvalue weighted by atomic mass is 10.2. The first kappa shape index (κ1) is 11.3. The number of ether oxygens (including phenoxy) is 3. The quantitative estimate of drug-likeness (QED) is 0.795. The minimum atomic E-state index is -0.799. The molecule has 0 radical (unpaired) electrons. The van der Waals surface area contributed by atoms with Crippen molar-refractivity contribution in [2.45, 2.75) is 18.8 Å². The summed E-state index contributed by atoms with van der Waals surface area (Å²) in [5.74, 6) is 0.327. The van der Waals surface area contributed by atoms with Crippen LogP contribution in [0.2, 0.25) is 0 Å². The van der Waals surface area contributed by atoms with E-state index >= 15 is 0 Å². The van der Waals surface area contributed by atoms with Crippen molar-refractivity contribution < 1.29 is 19.3 Å². The van der Waals surface area contributed by atoms with E-state index in [0.29, 0.717) is 31.2 Å². The molecule has 1 unspecified atom stereocenters. The second-order valence-corrected chi connectivity index (χ2v) is 3.37. The maximum Gasteiger partial charge on any atom is 0.238 e. The third kappa shape index (κ3) is 2.46. The molecule has 0 saturated carbocycles. The molecule has 6 heteroatoms. The van der Waals surface area contributed by atoms with Gasteiger partial charge < -0.3 is 19.3 Å². The molecule has 0 aromatic carbocycles. The summed E-state index contributed by atoms with van der Waals surface area (Å²) in [5, 5.41) is 9.95. The number of methoxy groups -OCH3 is 1. The van der Waals surface area contributed by atoms with Crippen LogP contribution in [-0.2, 0) is 9.47 Å².